The van der Waals surface area contributed by atoms with E-state index in [1.54, 1.807) is 0 Å². The first-order valence-corrected chi connectivity index (χ1v) is 10.4. The largest absolute Gasteiger partial charge is 0.349 e. The minimum atomic E-state index is 0.00412. The van der Waals surface area contributed by atoms with Gasteiger partial charge in [-0.25, -0.2) is 0 Å². The van der Waals surface area contributed by atoms with Crippen molar-refractivity contribution in [2.24, 2.45) is 11.8 Å². The SMILES string of the molecule is CC(CC(=O)N1CCC(NC(=O)c2ccsc2)CC1)C1CCCNC1. The molecule has 6 heteroatoms. The number of hydrogen-bond donors (Lipinski definition) is 2. The van der Waals surface area contributed by atoms with Crippen LogP contribution in [0.2, 0.25) is 0 Å². The fraction of sp³-hybridized carbons (Fsp3) is 0.684. The Labute approximate surface area is 154 Å². The number of nitrogens with one attached hydrogen (secondary N) is 2. The molecule has 2 fully saturated rings. The van der Waals surface area contributed by atoms with Crippen molar-refractivity contribution in [2.75, 3.05) is 26.2 Å². The molecule has 2 saturated heterocycles. The van der Waals surface area contributed by atoms with Gasteiger partial charge in [-0.3, -0.25) is 9.59 Å². The molecule has 1 aromatic heterocycles. The lowest BCUT2D eigenvalue weighted by atomic mass is 9.85. The van der Waals surface area contributed by atoms with E-state index in [1.807, 2.05) is 21.7 Å². The third kappa shape index (κ3) is 5.05. The van der Waals surface area contributed by atoms with Gasteiger partial charge in [0.2, 0.25) is 5.91 Å². The summed E-state index contributed by atoms with van der Waals surface area (Å²) in [5.41, 5.74) is 0.735. The van der Waals surface area contributed by atoms with Gasteiger partial charge in [-0.15, -0.1) is 0 Å². The Bertz CT molecular complexity index is 561. The molecule has 2 amide bonds. The van der Waals surface area contributed by atoms with E-state index in [1.165, 1.54) is 24.2 Å². The zero-order valence-electron chi connectivity index (χ0n) is 15.0. The number of rotatable bonds is 5. The Morgan fingerprint density at radius 2 is 2.16 bits per heavy atom. The highest BCUT2D eigenvalue weighted by Gasteiger charge is 2.27. The van der Waals surface area contributed by atoms with Crippen LogP contribution in [0.5, 0.6) is 0 Å². The summed E-state index contributed by atoms with van der Waals surface area (Å²) < 4.78 is 0. The predicted octanol–water partition coefficient (Wildman–Crippen LogP) is 2.49. The summed E-state index contributed by atoms with van der Waals surface area (Å²) in [6, 6.07) is 2.02. The molecular formula is C19H29N3O2S. The standard InChI is InChI=1S/C19H29N3O2S/c1-14(15-3-2-7-20-12-15)11-18(23)22-8-4-17(5-9-22)21-19(24)16-6-10-25-13-16/h6,10,13-15,17,20H,2-5,7-9,11-12H2,1H3,(H,21,24). The van der Waals surface area contributed by atoms with E-state index in [2.05, 4.69) is 17.6 Å². The van der Waals surface area contributed by atoms with Crippen LogP contribution < -0.4 is 10.6 Å². The molecule has 2 unspecified atom stereocenters. The van der Waals surface area contributed by atoms with Crippen LogP contribution in [0.4, 0.5) is 0 Å². The number of carbonyl (C=O) groups excluding carboxylic acids is 2. The van der Waals surface area contributed by atoms with Crippen molar-refractivity contribution in [2.45, 2.75) is 45.1 Å². The monoisotopic (exact) mass is 363 g/mol. The van der Waals surface area contributed by atoms with Crippen LogP contribution in [-0.2, 0) is 4.79 Å². The number of carbonyl (C=O) groups is 2. The Morgan fingerprint density at radius 1 is 1.36 bits per heavy atom. The summed E-state index contributed by atoms with van der Waals surface area (Å²) >= 11 is 1.53. The molecule has 25 heavy (non-hydrogen) atoms. The van der Waals surface area contributed by atoms with E-state index >= 15 is 0 Å². The summed E-state index contributed by atoms with van der Waals surface area (Å²) in [7, 11) is 0. The van der Waals surface area contributed by atoms with Gasteiger partial charge in [0.1, 0.15) is 0 Å². The molecule has 2 N–H and O–H groups in total. The first kappa shape index (κ1) is 18.4. The van der Waals surface area contributed by atoms with Crippen molar-refractivity contribution in [3.63, 3.8) is 0 Å². The van der Waals surface area contributed by atoms with E-state index in [4.69, 9.17) is 0 Å². The van der Waals surface area contributed by atoms with E-state index < -0.39 is 0 Å². The second kappa shape index (κ2) is 8.81. The number of hydrogen-bond acceptors (Lipinski definition) is 4. The summed E-state index contributed by atoms with van der Waals surface area (Å²) in [6.07, 6.45) is 4.80. The highest BCUT2D eigenvalue weighted by molar-refractivity contribution is 7.08. The van der Waals surface area contributed by atoms with Gasteiger partial charge in [-0.05, 0) is 62.1 Å². The van der Waals surface area contributed by atoms with Crippen LogP contribution in [0.1, 0.15) is 49.4 Å². The molecule has 138 valence electrons. The molecule has 2 atom stereocenters. The van der Waals surface area contributed by atoms with Crippen LogP contribution >= 0.6 is 11.3 Å². The molecule has 0 saturated carbocycles. The van der Waals surface area contributed by atoms with Gasteiger partial charge in [0.15, 0.2) is 0 Å². The highest BCUT2D eigenvalue weighted by Crippen LogP contribution is 2.24. The second-order valence-electron chi connectivity index (χ2n) is 7.43. The average Bonchev–Trinajstić information content (AvgIpc) is 3.18. The van der Waals surface area contributed by atoms with Gasteiger partial charge in [0.25, 0.3) is 5.91 Å². The molecule has 0 radical (unpaired) electrons. The van der Waals surface area contributed by atoms with Gasteiger partial charge < -0.3 is 15.5 Å². The van der Waals surface area contributed by atoms with Gasteiger partial charge >= 0.3 is 0 Å². The van der Waals surface area contributed by atoms with Gasteiger partial charge in [0, 0.05) is 36.5 Å². The van der Waals surface area contributed by atoms with E-state index in [9.17, 15) is 9.59 Å². The zero-order chi connectivity index (χ0) is 17.6. The van der Waals surface area contributed by atoms with E-state index in [-0.39, 0.29) is 17.9 Å². The van der Waals surface area contributed by atoms with E-state index in [0.29, 0.717) is 18.3 Å². The summed E-state index contributed by atoms with van der Waals surface area (Å²) in [6.45, 7) is 5.88. The van der Waals surface area contributed by atoms with Crippen LogP contribution in [0.3, 0.4) is 0 Å². The van der Waals surface area contributed by atoms with Crippen LogP contribution in [0, 0.1) is 11.8 Å². The lowest BCUT2D eigenvalue weighted by molar-refractivity contribution is -0.133. The zero-order valence-corrected chi connectivity index (χ0v) is 15.8. The number of thiophene rings is 1. The quantitative estimate of drug-likeness (QED) is 0.845. The lowest BCUT2D eigenvalue weighted by Crippen LogP contribution is -2.47. The Morgan fingerprint density at radius 3 is 2.80 bits per heavy atom. The van der Waals surface area contributed by atoms with Crippen molar-refractivity contribution in [1.29, 1.82) is 0 Å². The summed E-state index contributed by atoms with van der Waals surface area (Å²) in [5.74, 6) is 1.35. The fourth-order valence-electron chi connectivity index (χ4n) is 3.87. The summed E-state index contributed by atoms with van der Waals surface area (Å²) in [5, 5.41) is 10.3. The molecule has 0 bridgehead atoms. The van der Waals surface area contributed by atoms with Crippen molar-refractivity contribution >= 4 is 23.2 Å². The van der Waals surface area contributed by atoms with E-state index in [0.717, 1.165) is 44.6 Å². The van der Waals surface area contributed by atoms with Crippen LogP contribution in [0.15, 0.2) is 16.8 Å². The molecule has 0 aromatic carbocycles. The third-order valence-electron chi connectivity index (χ3n) is 5.60. The van der Waals surface area contributed by atoms with Gasteiger partial charge in [-0.2, -0.15) is 11.3 Å². The Balaban J connectivity index is 1.40. The maximum atomic E-state index is 12.6. The Kier molecular flexibility index (Phi) is 6.48. The lowest BCUT2D eigenvalue weighted by Gasteiger charge is -2.34. The smallest absolute Gasteiger partial charge is 0.252 e. The third-order valence-corrected chi connectivity index (χ3v) is 6.29. The second-order valence-corrected chi connectivity index (χ2v) is 8.21. The normalized spacial score (nSPS) is 23.2. The Hall–Kier alpha value is -1.40. The number of nitrogens with zero attached hydrogens (tertiary/aromatic N) is 1. The van der Waals surface area contributed by atoms with Crippen molar-refractivity contribution in [3.05, 3.63) is 22.4 Å². The molecule has 0 aliphatic carbocycles. The number of amides is 2. The molecular weight excluding hydrogens is 334 g/mol. The number of likely N-dealkylation sites (tertiary alicyclic amines) is 1. The maximum Gasteiger partial charge on any atom is 0.252 e. The fourth-order valence-corrected chi connectivity index (χ4v) is 4.51. The topological polar surface area (TPSA) is 61.4 Å². The average molecular weight is 364 g/mol. The highest BCUT2D eigenvalue weighted by atomic mass is 32.1. The van der Waals surface area contributed by atoms with Crippen molar-refractivity contribution in [3.8, 4) is 0 Å². The van der Waals surface area contributed by atoms with Gasteiger partial charge in [-0.1, -0.05) is 6.92 Å². The minimum absolute atomic E-state index is 0.00412. The molecule has 0 spiro atoms. The van der Waals surface area contributed by atoms with Crippen molar-refractivity contribution in [1.82, 2.24) is 15.5 Å². The van der Waals surface area contributed by atoms with Crippen LogP contribution in [-0.4, -0.2) is 48.9 Å². The molecule has 3 rings (SSSR count). The molecule has 5 nitrogen and oxygen atoms in total. The maximum absolute atomic E-state index is 12.6. The van der Waals surface area contributed by atoms with Gasteiger partial charge in [0.05, 0.1) is 0 Å². The minimum Gasteiger partial charge on any atom is -0.349 e. The molecule has 2 aliphatic heterocycles. The predicted molar refractivity (Wildman–Crippen MR) is 101 cm³/mol. The first-order valence-electron chi connectivity index (χ1n) is 9.45. The molecule has 2 aliphatic rings. The first-order chi connectivity index (χ1) is 12.1. The summed E-state index contributed by atoms with van der Waals surface area (Å²) in [4.78, 5) is 26.7. The molecule has 3 heterocycles. The van der Waals surface area contributed by atoms with Crippen molar-refractivity contribution < 1.29 is 9.59 Å². The number of piperidine rings is 2. The van der Waals surface area contributed by atoms with Crippen LogP contribution in [0.25, 0.3) is 0 Å². The molecule has 1 aromatic rings.